The van der Waals surface area contributed by atoms with Crippen molar-refractivity contribution in [3.8, 4) is 11.8 Å². The van der Waals surface area contributed by atoms with E-state index in [1.165, 1.54) is 17.3 Å². The number of anilines is 1. The summed E-state index contributed by atoms with van der Waals surface area (Å²) in [6.07, 6.45) is 1.64. The van der Waals surface area contributed by atoms with E-state index in [1.807, 2.05) is 36.6 Å². The average molecular weight is 398 g/mol. The molecule has 0 aliphatic rings. The normalized spacial score (nSPS) is 10.4. The first-order chi connectivity index (χ1) is 13.0. The van der Waals surface area contributed by atoms with Gasteiger partial charge in [-0.05, 0) is 43.7 Å². The van der Waals surface area contributed by atoms with Crippen LogP contribution < -0.4 is 5.32 Å². The molecule has 0 unspecified atom stereocenters. The number of halogens is 1. The maximum absolute atomic E-state index is 12.2. The number of nitrogens with one attached hydrogen (secondary N) is 1. The molecule has 0 aliphatic carbocycles. The molecule has 2 aromatic carbocycles. The average Bonchev–Trinajstić information content (AvgIpc) is 3.08. The molecule has 136 valence electrons. The molecular weight excluding hydrogens is 382 g/mol. The Kier molecular flexibility index (Phi) is 5.79. The largest absolute Gasteiger partial charge is 0.325 e. The second-order valence-electron chi connectivity index (χ2n) is 5.92. The summed E-state index contributed by atoms with van der Waals surface area (Å²) in [6, 6.07) is 12.9. The second kappa shape index (κ2) is 8.25. The van der Waals surface area contributed by atoms with Gasteiger partial charge < -0.3 is 5.32 Å². The Morgan fingerprint density at radius 1 is 1.30 bits per heavy atom. The van der Waals surface area contributed by atoms with Crippen molar-refractivity contribution in [1.29, 1.82) is 5.26 Å². The van der Waals surface area contributed by atoms with Crippen LogP contribution in [0, 0.1) is 25.2 Å². The summed E-state index contributed by atoms with van der Waals surface area (Å²) < 4.78 is 1.87. The van der Waals surface area contributed by atoms with Gasteiger partial charge in [-0.15, -0.1) is 10.2 Å². The number of benzene rings is 2. The Labute approximate surface area is 166 Å². The van der Waals surface area contributed by atoms with Gasteiger partial charge in [-0.3, -0.25) is 9.36 Å². The van der Waals surface area contributed by atoms with Crippen LogP contribution in [0.15, 0.2) is 47.9 Å². The zero-order valence-corrected chi connectivity index (χ0v) is 16.3. The number of aryl methyl sites for hydroxylation is 2. The SMILES string of the molecule is Cc1ccc(-n2cnnc2SCC(=O)Nc2ccc(C#N)c(Cl)c2)c(C)c1. The molecule has 0 aliphatic heterocycles. The van der Waals surface area contributed by atoms with Crippen molar-refractivity contribution < 1.29 is 4.79 Å². The van der Waals surface area contributed by atoms with Crippen molar-refractivity contribution in [3.63, 3.8) is 0 Å². The molecule has 3 aromatic rings. The Bertz CT molecular complexity index is 1040. The third-order valence-corrected chi connectivity index (χ3v) is 5.09. The fourth-order valence-corrected chi connectivity index (χ4v) is 3.52. The van der Waals surface area contributed by atoms with E-state index in [0.29, 0.717) is 21.4 Å². The first-order valence-corrected chi connectivity index (χ1v) is 9.44. The predicted molar refractivity (Wildman–Crippen MR) is 106 cm³/mol. The van der Waals surface area contributed by atoms with E-state index in [9.17, 15) is 4.79 Å². The van der Waals surface area contributed by atoms with Gasteiger partial charge in [-0.2, -0.15) is 5.26 Å². The second-order valence-corrected chi connectivity index (χ2v) is 7.27. The van der Waals surface area contributed by atoms with Crippen molar-refractivity contribution in [3.05, 3.63) is 64.4 Å². The van der Waals surface area contributed by atoms with E-state index < -0.39 is 0 Å². The van der Waals surface area contributed by atoms with Crippen molar-refractivity contribution in [1.82, 2.24) is 14.8 Å². The minimum Gasteiger partial charge on any atom is -0.325 e. The number of hydrogen-bond donors (Lipinski definition) is 1. The summed E-state index contributed by atoms with van der Waals surface area (Å²) in [5, 5.41) is 20.7. The van der Waals surface area contributed by atoms with Crippen molar-refractivity contribution in [2.45, 2.75) is 19.0 Å². The van der Waals surface area contributed by atoms with Gasteiger partial charge in [0.15, 0.2) is 5.16 Å². The van der Waals surface area contributed by atoms with Gasteiger partial charge >= 0.3 is 0 Å². The van der Waals surface area contributed by atoms with Gasteiger partial charge in [0.25, 0.3) is 0 Å². The summed E-state index contributed by atoms with van der Waals surface area (Å²) in [6.45, 7) is 4.07. The Morgan fingerprint density at radius 3 is 2.81 bits per heavy atom. The molecule has 0 spiro atoms. The highest BCUT2D eigenvalue weighted by Crippen LogP contribution is 2.24. The van der Waals surface area contributed by atoms with Gasteiger partial charge in [-0.1, -0.05) is 41.1 Å². The molecule has 1 amide bonds. The fraction of sp³-hybridized carbons (Fsp3) is 0.158. The molecule has 3 rings (SSSR count). The summed E-state index contributed by atoms with van der Waals surface area (Å²) in [7, 11) is 0. The maximum Gasteiger partial charge on any atom is 0.234 e. The molecule has 27 heavy (non-hydrogen) atoms. The molecule has 0 fully saturated rings. The number of carbonyl (C=O) groups is 1. The highest BCUT2D eigenvalue weighted by atomic mass is 35.5. The van der Waals surface area contributed by atoms with Crippen LogP contribution in [0.2, 0.25) is 5.02 Å². The molecule has 1 aromatic heterocycles. The maximum atomic E-state index is 12.2. The number of amides is 1. The van der Waals surface area contributed by atoms with Gasteiger partial charge in [0, 0.05) is 5.69 Å². The number of nitriles is 1. The van der Waals surface area contributed by atoms with E-state index in [4.69, 9.17) is 16.9 Å². The fourth-order valence-electron chi connectivity index (χ4n) is 2.57. The van der Waals surface area contributed by atoms with Gasteiger partial charge in [0.05, 0.1) is 22.0 Å². The lowest BCUT2D eigenvalue weighted by molar-refractivity contribution is -0.113. The minimum absolute atomic E-state index is 0.168. The van der Waals surface area contributed by atoms with Crippen molar-refractivity contribution in [2.24, 2.45) is 0 Å². The van der Waals surface area contributed by atoms with E-state index in [0.717, 1.165) is 11.3 Å². The zero-order chi connectivity index (χ0) is 19.4. The highest BCUT2D eigenvalue weighted by Gasteiger charge is 2.12. The quantitative estimate of drug-likeness (QED) is 0.654. The third kappa shape index (κ3) is 4.48. The Morgan fingerprint density at radius 2 is 2.11 bits per heavy atom. The Hall–Kier alpha value is -2.82. The molecular formula is C19H16ClN5OS. The molecule has 0 atom stereocenters. The first kappa shape index (κ1) is 19.0. The van der Waals surface area contributed by atoms with Gasteiger partial charge in [-0.25, -0.2) is 0 Å². The lowest BCUT2D eigenvalue weighted by atomic mass is 10.1. The molecule has 1 N–H and O–H groups in total. The monoisotopic (exact) mass is 397 g/mol. The predicted octanol–water partition coefficient (Wildman–Crippen LogP) is 4.14. The summed E-state index contributed by atoms with van der Waals surface area (Å²) in [5.41, 5.74) is 4.17. The summed E-state index contributed by atoms with van der Waals surface area (Å²) in [5.74, 6) is -0.0303. The first-order valence-electron chi connectivity index (χ1n) is 8.08. The van der Waals surface area contributed by atoms with Crippen LogP contribution in [0.4, 0.5) is 5.69 Å². The lowest BCUT2D eigenvalue weighted by Gasteiger charge is -2.10. The van der Waals surface area contributed by atoms with Crippen LogP contribution in [0.25, 0.3) is 5.69 Å². The number of thioether (sulfide) groups is 1. The molecule has 0 bridgehead atoms. The molecule has 0 saturated carbocycles. The van der Waals surface area contributed by atoms with E-state index in [1.54, 1.807) is 24.5 Å². The van der Waals surface area contributed by atoms with Gasteiger partial charge in [0.2, 0.25) is 5.91 Å². The zero-order valence-electron chi connectivity index (χ0n) is 14.7. The van der Waals surface area contributed by atoms with Crippen LogP contribution in [-0.4, -0.2) is 26.4 Å². The van der Waals surface area contributed by atoms with Crippen LogP contribution >= 0.6 is 23.4 Å². The van der Waals surface area contributed by atoms with Crippen molar-refractivity contribution in [2.75, 3.05) is 11.1 Å². The molecule has 6 nitrogen and oxygen atoms in total. The standard InChI is InChI=1S/C19H16ClN5OS/c1-12-3-6-17(13(2)7-12)25-11-22-24-19(25)27-10-18(26)23-15-5-4-14(9-21)16(20)8-15/h3-8,11H,10H2,1-2H3,(H,23,26). The van der Waals surface area contributed by atoms with E-state index >= 15 is 0 Å². The Balaban J connectivity index is 1.67. The number of carbonyl (C=O) groups excluding carboxylic acids is 1. The highest BCUT2D eigenvalue weighted by molar-refractivity contribution is 7.99. The van der Waals surface area contributed by atoms with Crippen LogP contribution in [0.5, 0.6) is 0 Å². The lowest BCUT2D eigenvalue weighted by Crippen LogP contribution is -2.14. The minimum atomic E-state index is -0.198. The number of nitrogens with zero attached hydrogens (tertiary/aromatic N) is 4. The van der Waals surface area contributed by atoms with E-state index in [-0.39, 0.29) is 11.7 Å². The van der Waals surface area contributed by atoms with Crippen LogP contribution in [-0.2, 0) is 4.79 Å². The third-order valence-electron chi connectivity index (χ3n) is 3.83. The van der Waals surface area contributed by atoms with Crippen molar-refractivity contribution >= 4 is 35.0 Å². The van der Waals surface area contributed by atoms with Crippen LogP contribution in [0.1, 0.15) is 16.7 Å². The topological polar surface area (TPSA) is 83.6 Å². The van der Waals surface area contributed by atoms with Gasteiger partial charge in [0.1, 0.15) is 12.4 Å². The number of hydrogen-bond acceptors (Lipinski definition) is 5. The molecule has 0 saturated heterocycles. The molecule has 1 heterocycles. The summed E-state index contributed by atoms with van der Waals surface area (Å²) in [4.78, 5) is 12.2. The summed E-state index contributed by atoms with van der Waals surface area (Å²) >= 11 is 7.28. The number of aromatic nitrogens is 3. The molecule has 8 heteroatoms. The smallest absolute Gasteiger partial charge is 0.234 e. The van der Waals surface area contributed by atoms with Crippen LogP contribution in [0.3, 0.4) is 0 Å². The van der Waals surface area contributed by atoms with E-state index in [2.05, 4.69) is 21.6 Å². The number of rotatable bonds is 5. The molecule has 0 radical (unpaired) electrons.